The van der Waals surface area contributed by atoms with Crippen molar-refractivity contribution in [3.05, 3.63) is 30.6 Å². The van der Waals surface area contributed by atoms with Crippen molar-refractivity contribution >= 4 is 42.0 Å². The molecule has 9 fully saturated rings. The van der Waals surface area contributed by atoms with Crippen LogP contribution >= 0.6 is 30.4 Å². The molecule has 0 bridgehead atoms. The first-order valence-electron chi connectivity index (χ1n) is 23.9. The summed E-state index contributed by atoms with van der Waals surface area (Å²) in [6, 6.07) is 0. The summed E-state index contributed by atoms with van der Waals surface area (Å²) in [6.07, 6.45) is 15.1. The van der Waals surface area contributed by atoms with Gasteiger partial charge in [0.05, 0.1) is 28.5 Å². The zero-order chi connectivity index (χ0) is 42.9. The number of phosphoric ester groups is 1. The number of aliphatic hydroxyl groups excluding tert-OH is 1. The van der Waals surface area contributed by atoms with Gasteiger partial charge in [0.1, 0.15) is 23.9 Å². The van der Waals surface area contributed by atoms with Gasteiger partial charge in [0.25, 0.3) is 5.56 Å². The van der Waals surface area contributed by atoms with Crippen LogP contribution in [0.2, 0.25) is 0 Å². The molecule has 14 heteroatoms. The quantitative estimate of drug-likeness (QED) is 0.190. The van der Waals surface area contributed by atoms with Crippen LogP contribution in [0.4, 0.5) is 0 Å². The summed E-state index contributed by atoms with van der Waals surface area (Å²) in [4.78, 5) is 52.2. The van der Waals surface area contributed by atoms with Gasteiger partial charge in [-0.1, -0.05) is 27.7 Å². The van der Waals surface area contributed by atoms with Crippen LogP contribution in [-0.4, -0.2) is 57.2 Å². The second-order valence-electron chi connectivity index (χ2n) is 22.6. The van der Waals surface area contributed by atoms with Gasteiger partial charge in [0.2, 0.25) is 0 Å². The van der Waals surface area contributed by atoms with Gasteiger partial charge in [-0.3, -0.25) is 37.5 Å². The summed E-state index contributed by atoms with van der Waals surface area (Å²) in [5, 5.41) is 11.2. The Labute approximate surface area is 373 Å². The third-order valence-electron chi connectivity index (χ3n) is 20.1. The smallest absolute Gasteiger partial charge is 0.390 e. The Kier molecular flexibility index (Phi) is 11.2. The number of H-pyrrole nitrogens is 1. The first-order chi connectivity index (χ1) is 28.9. The minimum absolute atomic E-state index is 0.0970. The van der Waals surface area contributed by atoms with E-state index in [1.54, 1.807) is 0 Å². The molecule has 2 N–H and O–H groups in total. The molecule has 8 aliphatic carbocycles. The number of fused-ring (bicyclic) bond motifs is 10. The average molecular weight is 979 g/mol. The van der Waals surface area contributed by atoms with Crippen molar-refractivity contribution in [1.82, 2.24) is 9.55 Å². The van der Waals surface area contributed by atoms with E-state index >= 15 is 4.57 Å². The summed E-state index contributed by atoms with van der Waals surface area (Å²) < 4.78 is 43.8. The van der Waals surface area contributed by atoms with E-state index in [0.29, 0.717) is 75.3 Å². The summed E-state index contributed by atoms with van der Waals surface area (Å²) in [5.41, 5.74) is -1.14. The highest BCUT2D eigenvalue weighted by molar-refractivity contribution is 14.1. The Morgan fingerprint density at radius 3 is 1.77 bits per heavy atom. The van der Waals surface area contributed by atoms with Crippen molar-refractivity contribution in [1.29, 1.82) is 0 Å². The molecule has 1 aromatic rings. The highest BCUT2D eigenvalue weighted by atomic mass is 127. The van der Waals surface area contributed by atoms with Crippen molar-refractivity contribution in [2.24, 2.45) is 69.0 Å². The van der Waals surface area contributed by atoms with Crippen LogP contribution in [-0.2, 0) is 32.5 Å². The number of hydrogen-bond acceptors (Lipinski definition) is 10. The Hall–Kier alpha value is -1.22. The van der Waals surface area contributed by atoms with Gasteiger partial charge in [-0.05, 0) is 181 Å². The number of nitrogens with one attached hydrogen (secondary N) is 1. The van der Waals surface area contributed by atoms with Gasteiger partial charge >= 0.3 is 13.5 Å². The third-order valence-corrected chi connectivity index (χ3v) is 22.4. The molecule has 2 heterocycles. The fraction of sp³-hybridized carbons (Fsp3) is 0.872. The number of Topliss-reactive ketones (excluding diaryl/α,β-unsaturated/α-hetero) is 2. The van der Waals surface area contributed by atoms with Gasteiger partial charge < -0.3 is 9.84 Å². The minimum Gasteiger partial charge on any atom is -0.390 e. The number of aromatic nitrogens is 2. The summed E-state index contributed by atoms with van der Waals surface area (Å²) in [5.74, 6) is 4.92. The number of carbonyl (C=O) groups excluding carboxylic acids is 2. The van der Waals surface area contributed by atoms with Crippen molar-refractivity contribution in [3.63, 3.8) is 0 Å². The fourth-order valence-corrected chi connectivity index (χ4v) is 18.9. The maximum atomic E-state index is 15.7. The Morgan fingerprint density at radius 2 is 1.25 bits per heavy atom. The molecule has 9 aliphatic rings. The maximum Gasteiger partial charge on any atom is 0.475 e. The topological polar surface area (TPSA) is 163 Å². The maximum absolute atomic E-state index is 15.7. The lowest BCUT2D eigenvalue weighted by atomic mass is 9.45. The second-order valence-corrected chi connectivity index (χ2v) is 25.3. The molecule has 0 amide bonds. The van der Waals surface area contributed by atoms with Crippen molar-refractivity contribution < 1.29 is 37.6 Å². The highest BCUT2D eigenvalue weighted by Crippen LogP contribution is 2.71. The molecular formula is C47H68IN2O10P. The predicted molar refractivity (Wildman–Crippen MR) is 235 cm³/mol. The molecule has 1 saturated heterocycles. The molecule has 12 nitrogen and oxygen atoms in total. The SMILES string of the molecule is C[C@]12CCC(=O)CC1CCC1C2CC[C@@]2(C)C1CC[C@@H]2OP(=O)(OC[C@H]1O[C@@H](n2cc(I)c(=O)[nH]c2=O)C[C@@H]1O)O[C@H]1CCC2C3CCC4CC(=O)CC[C@]4(C)C3CC[C@@]21C. The summed E-state index contributed by atoms with van der Waals surface area (Å²) >= 11 is 1.86. The molecule has 8 unspecified atom stereocenters. The second kappa shape index (κ2) is 15.7. The van der Waals surface area contributed by atoms with E-state index in [1.165, 1.54) is 10.8 Å². The lowest BCUT2D eigenvalue weighted by molar-refractivity contribution is -0.144. The van der Waals surface area contributed by atoms with Crippen molar-refractivity contribution in [3.8, 4) is 0 Å². The molecule has 1 aliphatic heterocycles. The first kappa shape index (κ1) is 43.7. The van der Waals surface area contributed by atoms with Crippen LogP contribution in [0.25, 0.3) is 0 Å². The molecular weight excluding hydrogens is 910 g/mol. The number of carbonyl (C=O) groups is 2. The van der Waals surface area contributed by atoms with E-state index in [0.717, 1.165) is 103 Å². The fourth-order valence-electron chi connectivity index (χ4n) is 16.6. The van der Waals surface area contributed by atoms with Crippen LogP contribution in [0.15, 0.2) is 15.8 Å². The molecule has 8 saturated carbocycles. The number of aromatic amines is 1. The average Bonchev–Trinajstić information content (AvgIpc) is 3.87. The summed E-state index contributed by atoms with van der Waals surface area (Å²) in [6.45, 7) is 9.38. The standard InChI is InChI=1S/C47H68IN2O10P/c1-44-17-13-28(51)21-26(44)5-7-30-32-9-11-39(46(32,3)19-15-34(30)44)59-61(56,57-25-38-37(53)23-41(58-38)50-24-36(48)42(54)49-43(50)55)60-40-12-10-33-31-8-6-27-22-29(52)14-18-45(27,2)35(31)16-20-47(33,40)4/h24,26-27,30-35,37-41,53H,5-23,25H2,1-4H3,(H,49,54,55)/t26?,27?,30?,31?,32?,33?,34?,35?,37-,38+,39-,40-,41+,44-,45-,46-,47-,61?/m0/s1. The van der Waals surface area contributed by atoms with Crippen LogP contribution < -0.4 is 11.2 Å². The summed E-state index contributed by atoms with van der Waals surface area (Å²) in [7, 11) is -4.27. The Bertz CT molecular complexity index is 2000. The number of rotatable bonds is 8. The normalized spacial score (nSPS) is 48.9. The molecule has 10 rings (SSSR count). The number of nitrogens with zero attached hydrogens (tertiary/aromatic N) is 1. The lowest BCUT2D eigenvalue weighted by Crippen LogP contribution is -2.54. The van der Waals surface area contributed by atoms with E-state index in [2.05, 4.69) is 32.7 Å². The van der Waals surface area contributed by atoms with Crippen LogP contribution in [0.1, 0.15) is 156 Å². The minimum atomic E-state index is -4.27. The van der Waals surface area contributed by atoms with Gasteiger partial charge in [0, 0.05) is 38.3 Å². The number of hydrogen-bond donors (Lipinski definition) is 2. The number of ether oxygens (including phenoxy) is 1. The Balaban J connectivity index is 0.895. The van der Waals surface area contributed by atoms with E-state index in [9.17, 15) is 24.3 Å². The number of phosphoric acid groups is 1. The number of halogens is 1. The van der Waals surface area contributed by atoms with E-state index in [-0.39, 0.29) is 46.9 Å². The first-order valence-corrected chi connectivity index (χ1v) is 26.5. The number of aliphatic hydroxyl groups is 1. The molecule has 0 spiro atoms. The molecule has 1 aromatic heterocycles. The Morgan fingerprint density at radius 1 is 0.738 bits per heavy atom. The molecule has 0 radical (unpaired) electrons. The van der Waals surface area contributed by atoms with E-state index in [4.69, 9.17) is 18.3 Å². The monoisotopic (exact) mass is 978 g/mol. The van der Waals surface area contributed by atoms with Gasteiger partial charge in [-0.15, -0.1) is 0 Å². The van der Waals surface area contributed by atoms with Crippen molar-refractivity contribution in [2.45, 2.75) is 180 Å². The van der Waals surface area contributed by atoms with Gasteiger partial charge in [-0.2, -0.15) is 0 Å². The largest absolute Gasteiger partial charge is 0.475 e. The zero-order valence-corrected chi connectivity index (χ0v) is 39.7. The highest BCUT2D eigenvalue weighted by Gasteiger charge is 2.64. The van der Waals surface area contributed by atoms with Crippen LogP contribution in [0.5, 0.6) is 0 Å². The third kappa shape index (κ3) is 7.15. The molecule has 338 valence electrons. The molecule has 0 aromatic carbocycles. The molecule has 61 heavy (non-hydrogen) atoms. The van der Waals surface area contributed by atoms with Gasteiger partial charge in [0.15, 0.2) is 0 Å². The van der Waals surface area contributed by atoms with Crippen LogP contribution in [0.3, 0.4) is 0 Å². The lowest BCUT2D eigenvalue weighted by Gasteiger charge is -2.60. The van der Waals surface area contributed by atoms with Crippen molar-refractivity contribution in [2.75, 3.05) is 6.61 Å². The van der Waals surface area contributed by atoms with Crippen LogP contribution in [0, 0.1) is 72.6 Å². The number of ketones is 2. The van der Waals surface area contributed by atoms with Gasteiger partial charge in [-0.25, -0.2) is 9.36 Å². The predicted octanol–water partition coefficient (Wildman–Crippen LogP) is 8.91. The zero-order valence-electron chi connectivity index (χ0n) is 36.6. The van der Waals surface area contributed by atoms with E-state index < -0.39 is 37.5 Å². The molecule has 17 atom stereocenters. The van der Waals surface area contributed by atoms with E-state index in [1.807, 2.05) is 22.6 Å².